The predicted molar refractivity (Wildman–Crippen MR) is 90.8 cm³/mol. The number of ketones is 1. The first kappa shape index (κ1) is 15.4. The average molecular weight is 307 g/mol. The van der Waals surface area contributed by atoms with Gasteiger partial charge in [-0.3, -0.25) is 4.79 Å². The Labute approximate surface area is 135 Å². The fourth-order valence-corrected chi connectivity index (χ4v) is 2.59. The molecule has 1 N–H and O–H groups in total. The molecular weight excluding hydrogens is 289 g/mol. The normalized spacial score (nSPS) is 10.8. The van der Waals surface area contributed by atoms with Crippen molar-refractivity contribution in [1.82, 2.24) is 5.32 Å². The van der Waals surface area contributed by atoms with Gasteiger partial charge in [-0.1, -0.05) is 54.6 Å². The lowest BCUT2D eigenvalue weighted by molar-refractivity contribution is -0.117. The van der Waals surface area contributed by atoms with Crippen LogP contribution in [0.5, 0.6) is 0 Å². The molecule has 0 saturated heterocycles. The molecular formula is C20H18FNO. The standard InChI is InChI=1S/C20H18FNO/c21-19-9-6-15(7-10-19)13-22-14-20(23)12-16-5-8-17-3-1-2-4-18(17)11-16/h1-11,22H,12-14H2. The second-order valence-electron chi connectivity index (χ2n) is 5.63. The van der Waals surface area contributed by atoms with Gasteiger partial charge in [-0.25, -0.2) is 4.39 Å². The van der Waals surface area contributed by atoms with Crippen LogP contribution in [0, 0.1) is 5.82 Å². The highest BCUT2D eigenvalue weighted by molar-refractivity contribution is 5.86. The molecule has 0 fully saturated rings. The first-order valence-corrected chi connectivity index (χ1v) is 7.65. The lowest BCUT2D eigenvalue weighted by atomic mass is 10.0. The number of hydrogen-bond acceptors (Lipinski definition) is 2. The number of benzene rings is 3. The Hall–Kier alpha value is -2.52. The van der Waals surface area contributed by atoms with Gasteiger partial charge >= 0.3 is 0 Å². The summed E-state index contributed by atoms with van der Waals surface area (Å²) in [5.74, 6) is -0.108. The Morgan fingerprint density at radius 3 is 2.35 bits per heavy atom. The van der Waals surface area contributed by atoms with E-state index in [9.17, 15) is 9.18 Å². The third-order valence-corrected chi connectivity index (χ3v) is 3.78. The predicted octanol–water partition coefficient (Wildman–Crippen LogP) is 3.88. The van der Waals surface area contributed by atoms with E-state index in [-0.39, 0.29) is 11.6 Å². The number of carbonyl (C=O) groups is 1. The van der Waals surface area contributed by atoms with Crippen LogP contribution in [0.25, 0.3) is 10.8 Å². The highest BCUT2D eigenvalue weighted by atomic mass is 19.1. The zero-order valence-corrected chi connectivity index (χ0v) is 12.8. The van der Waals surface area contributed by atoms with E-state index in [4.69, 9.17) is 0 Å². The van der Waals surface area contributed by atoms with Crippen molar-refractivity contribution in [3.63, 3.8) is 0 Å². The van der Waals surface area contributed by atoms with Crippen LogP contribution in [0.2, 0.25) is 0 Å². The van der Waals surface area contributed by atoms with Crippen molar-refractivity contribution in [2.45, 2.75) is 13.0 Å². The third kappa shape index (κ3) is 4.24. The Morgan fingerprint density at radius 2 is 1.57 bits per heavy atom. The van der Waals surface area contributed by atoms with Crippen LogP contribution >= 0.6 is 0 Å². The van der Waals surface area contributed by atoms with E-state index in [2.05, 4.69) is 23.5 Å². The third-order valence-electron chi connectivity index (χ3n) is 3.78. The number of hydrogen-bond donors (Lipinski definition) is 1. The summed E-state index contributed by atoms with van der Waals surface area (Å²) < 4.78 is 12.8. The molecule has 2 nitrogen and oxygen atoms in total. The average Bonchev–Trinajstić information content (AvgIpc) is 2.56. The summed E-state index contributed by atoms with van der Waals surface area (Å²) in [6, 6.07) is 20.5. The summed E-state index contributed by atoms with van der Waals surface area (Å²) in [6.07, 6.45) is 0.418. The molecule has 0 aromatic heterocycles. The maximum absolute atomic E-state index is 12.8. The molecule has 0 radical (unpaired) electrons. The van der Waals surface area contributed by atoms with Crippen LogP contribution in [0.1, 0.15) is 11.1 Å². The van der Waals surface area contributed by atoms with Crippen LogP contribution in [0.3, 0.4) is 0 Å². The van der Waals surface area contributed by atoms with Gasteiger partial charge in [-0.2, -0.15) is 0 Å². The summed E-state index contributed by atoms with van der Waals surface area (Å²) in [7, 11) is 0. The molecule has 0 aliphatic heterocycles. The zero-order chi connectivity index (χ0) is 16.1. The van der Waals surface area contributed by atoms with Crippen molar-refractivity contribution in [2.75, 3.05) is 6.54 Å². The molecule has 0 amide bonds. The van der Waals surface area contributed by atoms with Gasteiger partial charge in [-0.05, 0) is 34.0 Å². The van der Waals surface area contributed by atoms with Gasteiger partial charge in [0, 0.05) is 13.0 Å². The van der Waals surface area contributed by atoms with Crippen molar-refractivity contribution in [3.05, 3.63) is 83.7 Å². The topological polar surface area (TPSA) is 29.1 Å². The Morgan fingerprint density at radius 1 is 0.870 bits per heavy atom. The molecule has 3 heteroatoms. The fraction of sp³-hybridized carbons (Fsp3) is 0.150. The molecule has 3 rings (SSSR count). The largest absolute Gasteiger partial charge is 0.306 e. The van der Waals surface area contributed by atoms with Gasteiger partial charge in [0.1, 0.15) is 5.82 Å². The lowest BCUT2D eigenvalue weighted by Crippen LogP contribution is -2.23. The number of fused-ring (bicyclic) bond motifs is 1. The van der Waals surface area contributed by atoms with Crippen LogP contribution in [0.15, 0.2) is 66.7 Å². The van der Waals surface area contributed by atoms with E-state index < -0.39 is 0 Å². The first-order chi connectivity index (χ1) is 11.2. The second-order valence-corrected chi connectivity index (χ2v) is 5.63. The molecule has 116 valence electrons. The Kier molecular flexibility index (Phi) is 4.79. The highest BCUT2D eigenvalue weighted by Crippen LogP contribution is 2.16. The molecule has 3 aromatic rings. The van der Waals surface area contributed by atoms with E-state index in [1.807, 2.05) is 24.3 Å². The van der Waals surface area contributed by atoms with Crippen LogP contribution in [-0.4, -0.2) is 12.3 Å². The Balaban J connectivity index is 1.53. The molecule has 0 saturated carbocycles. The van der Waals surface area contributed by atoms with Crippen molar-refractivity contribution in [2.24, 2.45) is 0 Å². The van der Waals surface area contributed by atoms with Gasteiger partial charge in [0.05, 0.1) is 6.54 Å². The summed E-state index contributed by atoms with van der Waals surface area (Å²) in [5.41, 5.74) is 1.99. The quantitative estimate of drug-likeness (QED) is 0.749. The van der Waals surface area contributed by atoms with Crippen molar-refractivity contribution in [3.8, 4) is 0 Å². The van der Waals surface area contributed by atoms with Crippen LogP contribution < -0.4 is 5.32 Å². The molecule has 0 spiro atoms. The number of halogens is 1. The van der Waals surface area contributed by atoms with Gasteiger partial charge in [0.15, 0.2) is 5.78 Å². The summed E-state index contributed by atoms with van der Waals surface area (Å²) in [5, 5.41) is 5.44. The van der Waals surface area contributed by atoms with Crippen molar-refractivity contribution >= 4 is 16.6 Å². The monoisotopic (exact) mass is 307 g/mol. The minimum absolute atomic E-state index is 0.141. The minimum atomic E-state index is -0.249. The van der Waals surface area contributed by atoms with Gasteiger partial charge in [-0.15, -0.1) is 0 Å². The summed E-state index contributed by atoms with van der Waals surface area (Å²) in [6.45, 7) is 0.869. The number of nitrogens with one attached hydrogen (secondary N) is 1. The number of carbonyl (C=O) groups excluding carboxylic acids is 1. The van der Waals surface area contributed by atoms with Gasteiger partial charge in [0.2, 0.25) is 0 Å². The maximum Gasteiger partial charge on any atom is 0.150 e. The van der Waals surface area contributed by atoms with Gasteiger partial charge in [0.25, 0.3) is 0 Å². The van der Waals surface area contributed by atoms with E-state index in [1.54, 1.807) is 12.1 Å². The van der Waals surface area contributed by atoms with Crippen molar-refractivity contribution in [1.29, 1.82) is 0 Å². The smallest absolute Gasteiger partial charge is 0.150 e. The van der Waals surface area contributed by atoms with Gasteiger partial charge < -0.3 is 5.32 Å². The molecule has 0 unspecified atom stereocenters. The van der Waals surface area contributed by atoms with E-state index in [0.29, 0.717) is 19.5 Å². The molecule has 0 heterocycles. The number of Topliss-reactive ketones (excluding diaryl/α,β-unsaturated/α-hetero) is 1. The Bertz CT molecular complexity index is 811. The second kappa shape index (κ2) is 7.16. The van der Waals surface area contributed by atoms with E-state index in [0.717, 1.165) is 16.5 Å². The SMILES string of the molecule is O=C(CNCc1ccc(F)cc1)Cc1ccc2ccccc2c1. The highest BCUT2D eigenvalue weighted by Gasteiger charge is 2.04. The molecule has 3 aromatic carbocycles. The molecule has 23 heavy (non-hydrogen) atoms. The van der Waals surface area contributed by atoms with Crippen LogP contribution in [-0.2, 0) is 17.8 Å². The zero-order valence-electron chi connectivity index (χ0n) is 12.8. The maximum atomic E-state index is 12.8. The molecule has 0 atom stereocenters. The number of rotatable bonds is 6. The van der Waals surface area contributed by atoms with E-state index >= 15 is 0 Å². The summed E-state index contributed by atoms with van der Waals surface area (Å²) >= 11 is 0. The molecule has 0 aliphatic carbocycles. The van der Waals surface area contributed by atoms with Crippen molar-refractivity contribution < 1.29 is 9.18 Å². The summed E-state index contributed by atoms with van der Waals surface area (Å²) in [4.78, 5) is 12.1. The van der Waals surface area contributed by atoms with Crippen LogP contribution in [0.4, 0.5) is 4.39 Å². The van der Waals surface area contributed by atoms with E-state index in [1.165, 1.54) is 17.5 Å². The molecule has 0 bridgehead atoms. The minimum Gasteiger partial charge on any atom is -0.306 e. The fourth-order valence-electron chi connectivity index (χ4n) is 2.59. The molecule has 0 aliphatic rings. The first-order valence-electron chi connectivity index (χ1n) is 7.65. The lowest BCUT2D eigenvalue weighted by Gasteiger charge is -2.06.